The number of nitrogens with zero attached hydrogens (tertiary/aromatic N) is 1. The van der Waals surface area contributed by atoms with Crippen LogP contribution in [-0.2, 0) is 4.79 Å². The van der Waals surface area contributed by atoms with Gasteiger partial charge in [0.05, 0.1) is 0 Å². The summed E-state index contributed by atoms with van der Waals surface area (Å²) in [5.41, 5.74) is -1.22. The Morgan fingerprint density at radius 2 is 1.94 bits per heavy atom. The van der Waals surface area contributed by atoms with Crippen molar-refractivity contribution in [2.45, 2.75) is 19.4 Å². The number of rotatable bonds is 3. The van der Waals surface area contributed by atoms with Crippen LogP contribution >= 0.6 is 0 Å². The highest BCUT2D eigenvalue weighted by atomic mass is 19.1. The van der Waals surface area contributed by atoms with Crippen molar-refractivity contribution in [2.24, 2.45) is 0 Å². The maximum Gasteiger partial charge on any atom is 0.329 e. The Morgan fingerprint density at radius 1 is 1.35 bits per heavy atom. The van der Waals surface area contributed by atoms with Gasteiger partial charge in [-0.3, -0.25) is 4.79 Å². The predicted octanol–water partition coefficient (Wildman–Crippen LogP) is 1.76. The maximum atomic E-state index is 13.0. The summed E-state index contributed by atoms with van der Waals surface area (Å²) in [6.07, 6.45) is 0. The molecule has 1 amide bonds. The first-order chi connectivity index (χ1) is 7.76. The summed E-state index contributed by atoms with van der Waals surface area (Å²) in [6, 6.07) is 5.15. The van der Waals surface area contributed by atoms with E-state index in [0.29, 0.717) is 0 Å². The van der Waals surface area contributed by atoms with Crippen LogP contribution in [0.4, 0.5) is 4.39 Å². The molecule has 92 valence electrons. The van der Waals surface area contributed by atoms with Gasteiger partial charge in [0, 0.05) is 12.6 Å². The Morgan fingerprint density at radius 3 is 2.41 bits per heavy atom. The van der Waals surface area contributed by atoms with Crippen molar-refractivity contribution >= 4 is 11.9 Å². The van der Waals surface area contributed by atoms with E-state index in [4.69, 9.17) is 5.11 Å². The average molecular weight is 239 g/mol. The number of carboxylic acids is 1. The van der Waals surface area contributed by atoms with Crippen LogP contribution in [0.5, 0.6) is 0 Å². The minimum absolute atomic E-state index is 0.127. The van der Waals surface area contributed by atoms with E-state index in [9.17, 15) is 14.0 Å². The number of halogens is 1. The second kappa shape index (κ2) is 4.53. The highest BCUT2D eigenvalue weighted by Gasteiger charge is 2.35. The minimum Gasteiger partial charge on any atom is -0.480 e. The van der Waals surface area contributed by atoms with E-state index in [1.54, 1.807) is 0 Å². The van der Waals surface area contributed by atoms with Gasteiger partial charge >= 0.3 is 5.97 Å². The van der Waals surface area contributed by atoms with Crippen molar-refractivity contribution < 1.29 is 19.1 Å². The molecule has 0 aliphatic heterocycles. The van der Waals surface area contributed by atoms with Crippen LogP contribution in [0.25, 0.3) is 0 Å². The van der Waals surface area contributed by atoms with Crippen molar-refractivity contribution in [1.29, 1.82) is 0 Å². The smallest absolute Gasteiger partial charge is 0.329 e. The molecule has 1 aromatic carbocycles. The van der Waals surface area contributed by atoms with Crippen molar-refractivity contribution in [3.8, 4) is 0 Å². The van der Waals surface area contributed by atoms with Crippen molar-refractivity contribution in [1.82, 2.24) is 4.90 Å². The van der Waals surface area contributed by atoms with Gasteiger partial charge in [-0.05, 0) is 32.0 Å². The second-order valence-electron chi connectivity index (χ2n) is 4.24. The average Bonchev–Trinajstić information content (AvgIpc) is 2.26. The van der Waals surface area contributed by atoms with E-state index in [-0.39, 0.29) is 5.56 Å². The van der Waals surface area contributed by atoms with Crippen molar-refractivity contribution in [2.75, 3.05) is 7.05 Å². The Bertz CT molecular complexity index is 457. The normalized spacial score (nSPS) is 11.1. The van der Waals surface area contributed by atoms with Gasteiger partial charge in [-0.2, -0.15) is 0 Å². The number of aliphatic carboxylic acids is 1. The zero-order valence-electron chi connectivity index (χ0n) is 9.90. The summed E-state index contributed by atoms with van der Waals surface area (Å²) in [5, 5.41) is 8.99. The molecule has 1 N–H and O–H groups in total. The Hall–Kier alpha value is -1.91. The van der Waals surface area contributed by atoms with Gasteiger partial charge in [0.1, 0.15) is 11.4 Å². The molecule has 5 heteroatoms. The van der Waals surface area contributed by atoms with Gasteiger partial charge in [-0.25, -0.2) is 9.18 Å². The molecule has 0 aliphatic carbocycles. The third-order valence-corrected chi connectivity index (χ3v) is 2.74. The fourth-order valence-corrected chi connectivity index (χ4v) is 1.21. The molecule has 17 heavy (non-hydrogen) atoms. The molecular weight excluding hydrogens is 225 g/mol. The molecule has 0 aromatic heterocycles. The molecule has 0 bridgehead atoms. The Kier molecular flexibility index (Phi) is 3.50. The highest BCUT2D eigenvalue weighted by Crippen LogP contribution is 2.16. The Labute approximate surface area is 98.7 Å². The molecule has 4 nitrogen and oxygen atoms in total. The lowest BCUT2D eigenvalue weighted by molar-refractivity contribution is -0.147. The fourth-order valence-electron chi connectivity index (χ4n) is 1.21. The second-order valence-corrected chi connectivity index (χ2v) is 4.24. The highest BCUT2D eigenvalue weighted by molar-refractivity contribution is 5.97. The number of benzene rings is 1. The van der Waals surface area contributed by atoms with E-state index in [1.165, 1.54) is 39.1 Å². The molecule has 1 aromatic rings. The zero-order valence-corrected chi connectivity index (χ0v) is 9.90. The lowest BCUT2D eigenvalue weighted by atomic mass is 10.0. The lowest BCUT2D eigenvalue weighted by Crippen LogP contribution is -2.50. The van der Waals surface area contributed by atoms with Crippen LogP contribution in [0, 0.1) is 5.82 Å². The molecule has 0 aliphatic rings. The van der Waals surface area contributed by atoms with E-state index in [1.807, 2.05) is 0 Å². The summed E-state index contributed by atoms with van der Waals surface area (Å²) in [5.74, 6) is -2.18. The standard InChI is InChI=1S/C12H14FNO3/c1-12(2,11(16)17)14(3)10(15)8-5-4-6-9(13)7-8/h4-7H,1-3H3,(H,16,17). The van der Waals surface area contributed by atoms with E-state index < -0.39 is 23.2 Å². The fraction of sp³-hybridized carbons (Fsp3) is 0.333. The van der Waals surface area contributed by atoms with Crippen LogP contribution in [0.1, 0.15) is 24.2 Å². The molecule has 0 atom stereocenters. The minimum atomic E-state index is -1.34. The van der Waals surface area contributed by atoms with E-state index in [0.717, 1.165) is 11.0 Å². The van der Waals surface area contributed by atoms with E-state index >= 15 is 0 Å². The SMILES string of the molecule is CN(C(=O)c1cccc(F)c1)C(C)(C)C(=O)O. The van der Waals surface area contributed by atoms with Gasteiger partial charge < -0.3 is 10.0 Å². The van der Waals surface area contributed by atoms with Gasteiger partial charge in [0.15, 0.2) is 0 Å². The van der Waals surface area contributed by atoms with Gasteiger partial charge in [-0.15, -0.1) is 0 Å². The molecule has 0 heterocycles. The quantitative estimate of drug-likeness (QED) is 0.874. The molecule has 0 radical (unpaired) electrons. The van der Waals surface area contributed by atoms with Gasteiger partial charge in [0.25, 0.3) is 5.91 Å². The summed E-state index contributed by atoms with van der Waals surface area (Å²) in [4.78, 5) is 24.0. The molecule has 0 saturated carbocycles. The number of carbonyl (C=O) groups is 2. The van der Waals surface area contributed by atoms with E-state index in [2.05, 4.69) is 0 Å². The van der Waals surface area contributed by atoms with Crippen molar-refractivity contribution in [3.63, 3.8) is 0 Å². The molecule has 0 fully saturated rings. The van der Waals surface area contributed by atoms with Crippen LogP contribution < -0.4 is 0 Å². The summed E-state index contributed by atoms with van der Waals surface area (Å²) in [7, 11) is 1.38. The monoisotopic (exact) mass is 239 g/mol. The van der Waals surface area contributed by atoms with Crippen LogP contribution in [0.2, 0.25) is 0 Å². The molecule has 0 saturated heterocycles. The third kappa shape index (κ3) is 2.61. The number of carbonyl (C=O) groups excluding carboxylic acids is 1. The molecule has 1 rings (SSSR count). The zero-order chi connectivity index (χ0) is 13.2. The maximum absolute atomic E-state index is 13.0. The first-order valence-electron chi connectivity index (χ1n) is 5.04. The first-order valence-corrected chi connectivity index (χ1v) is 5.04. The summed E-state index contributed by atoms with van der Waals surface area (Å²) in [6.45, 7) is 2.82. The number of hydrogen-bond donors (Lipinski definition) is 1. The molecule has 0 unspecified atom stereocenters. The Balaban J connectivity index is 3.02. The summed E-state index contributed by atoms with van der Waals surface area (Å²) < 4.78 is 13.0. The largest absolute Gasteiger partial charge is 0.480 e. The number of amides is 1. The van der Waals surface area contributed by atoms with Crippen LogP contribution in [-0.4, -0.2) is 34.5 Å². The van der Waals surface area contributed by atoms with Crippen molar-refractivity contribution in [3.05, 3.63) is 35.6 Å². The van der Waals surface area contributed by atoms with Gasteiger partial charge in [0.2, 0.25) is 0 Å². The van der Waals surface area contributed by atoms with Crippen LogP contribution in [0.3, 0.4) is 0 Å². The lowest BCUT2D eigenvalue weighted by Gasteiger charge is -2.31. The number of likely N-dealkylation sites (N-methyl/N-ethyl adjacent to an activating group) is 1. The topological polar surface area (TPSA) is 57.6 Å². The number of hydrogen-bond acceptors (Lipinski definition) is 2. The predicted molar refractivity (Wildman–Crippen MR) is 60.2 cm³/mol. The first kappa shape index (κ1) is 13.2. The van der Waals surface area contributed by atoms with Crippen LogP contribution in [0.15, 0.2) is 24.3 Å². The summed E-state index contributed by atoms with van der Waals surface area (Å²) >= 11 is 0. The number of carboxylic acid groups (broad SMARTS) is 1. The molecular formula is C12H14FNO3. The van der Waals surface area contributed by atoms with Gasteiger partial charge in [-0.1, -0.05) is 6.07 Å². The third-order valence-electron chi connectivity index (χ3n) is 2.74. The molecule has 0 spiro atoms.